The van der Waals surface area contributed by atoms with Gasteiger partial charge < -0.3 is 4.74 Å². The quantitative estimate of drug-likeness (QED) is 0.748. The Morgan fingerprint density at radius 3 is 2.52 bits per heavy atom. The molecule has 1 aliphatic rings. The Labute approximate surface area is 123 Å². The highest BCUT2D eigenvalue weighted by atomic mass is 19.1. The molecule has 0 N–H and O–H groups in total. The fourth-order valence-electron chi connectivity index (χ4n) is 3.41. The SMILES string of the molecule is CC(=O)OC1(c2ccc3ccccc3c2F)CCCCC1. The fourth-order valence-corrected chi connectivity index (χ4v) is 3.41. The maximum Gasteiger partial charge on any atom is 0.303 e. The van der Waals surface area contributed by atoms with Gasteiger partial charge in [0.15, 0.2) is 0 Å². The van der Waals surface area contributed by atoms with Gasteiger partial charge >= 0.3 is 5.97 Å². The lowest BCUT2D eigenvalue weighted by Gasteiger charge is -2.37. The topological polar surface area (TPSA) is 26.3 Å². The van der Waals surface area contributed by atoms with Crippen LogP contribution < -0.4 is 0 Å². The van der Waals surface area contributed by atoms with Crippen LogP contribution in [0.5, 0.6) is 0 Å². The van der Waals surface area contributed by atoms with Crippen molar-refractivity contribution in [3.8, 4) is 0 Å². The van der Waals surface area contributed by atoms with Crippen LogP contribution in [-0.4, -0.2) is 5.97 Å². The number of halogens is 1. The molecule has 0 saturated heterocycles. The molecule has 0 aliphatic heterocycles. The standard InChI is InChI=1S/C18H19FO2/c1-13(20)21-18(11-5-2-6-12-18)16-10-9-14-7-3-4-8-15(14)17(16)19/h3-4,7-10H,2,5-6,11-12H2,1H3. The van der Waals surface area contributed by atoms with Crippen molar-refractivity contribution >= 4 is 16.7 Å². The van der Waals surface area contributed by atoms with Gasteiger partial charge in [0, 0.05) is 17.9 Å². The van der Waals surface area contributed by atoms with Crippen LogP contribution in [0.25, 0.3) is 10.8 Å². The lowest BCUT2D eigenvalue weighted by molar-refractivity contribution is -0.162. The van der Waals surface area contributed by atoms with Crippen molar-refractivity contribution in [1.82, 2.24) is 0 Å². The molecule has 0 aromatic heterocycles. The van der Waals surface area contributed by atoms with Gasteiger partial charge in [0.2, 0.25) is 0 Å². The molecule has 2 nitrogen and oxygen atoms in total. The van der Waals surface area contributed by atoms with E-state index in [0.29, 0.717) is 23.8 Å². The maximum atomic E-state index is 15.0. The molecule has 1 aliphatic carbocycles. The lowest BCUT2D eigenvalue weighted by Crippen LogP contribution is -2.35. The molecule has 3 rings (SSSR count). The van der Waals surface area contributed by atoms with E-state index in [2.05, 4.69) is 0 Å². The number of rotatable bonds is 2. The molecule has 2 aromatic carbocycles. The van der Waals surface area contributed by atoms with E-state index in [-0.39, 0.29) is 11.8 Å². The van der Waals surface area contributed by atoms with E-state index in [4.69, 9.17) is 4.74 Å². The molecule has 1 saturated carbocycles. The average molecular weight is 286 g/mol. The Balaban J connectivity index is 2.15. The summed E-state index contributed by atoms with van der Waals surface area (Å²) in [5.74, 6) is -0.597. The number of ether oxygens (including phenoxy) is 1. The first-order valence-corrected chi connectivity index (χ1v) is 7.50. The molecule has 3 heteroatoms. The smallest absolute Gasteiger partial charge is 0.303 e. The summed E-state index contributed by atoms with van der Waals surface area (Å²) in [6.07, 6.45) is 4.42. The second-order valence-electron chi connectivity index (χ2n) is 5.80. The second kappa shape index (κ2) is 5.47. The normalized spacial score (nSPS) is 17.6. The van der Waals surface area contributed by atoms with Crippen molar-refractivity contribution in [3.63, 3.8) is 0 Å². The van der Waals surface area contributed by atoms with E-state index in [9.17, 15) is 9.18 Å². The van der Waals surface area contributed by atoms with Gasteiger partial charge in [-0.25, -0.2) is 4.39 Å². The first-order valence-electron chi connectivity index (χ1n) is 7.50. The third kappa shape index (κ3) is 2.53. The molecule has 0 bridgehead atoms. The molecule has 0 spiro atoms. The lowest BCUT2D eigenvalue weighted by atomic mass is 9.78. The molecule has 0 atom stereocenters. The summed E-state index contributed by atoms with van der Waals surface area (Å²) >= 11 is 0. The highest BCUT2D eigenvalue weighted by molar-refractivity contribution is 5.84. The maximum absolute atomic E-state index is 15.0. The summed E-state index contributed by atoms with van der Waals surface area (Å²) in [6.45, 7) is 1.40. The molecule has 0 unspecified atom stereocenters. The Morgan fingerprint density at radius 2 is 1.81 bits per heavy atom. The number of esters is 1. The molecule has 0 radical (unpaired) electrons. The zero-order chi connectivity index (χ0) is 14.9. The van der Waals surface area contributed by atoms with Gasteiger partial charge in [-0.1, -0.05) is 42.8 Å². The summed E-state index contributed by atoms with van der Waals surface area (Å²) < 4.78 is 20.6. The van der Waals surface area contributed by atoms with E-state index in [1.165, 1.54) is 6.92 Å². The van der Waals surface area contributed by atoms with Gasteiger partial charge in [-0.2, -0.15) is 0 Å². The van der Waals surface area contributed by atoms with E-state index in [0.717, 1.165) is 24.6 Å². The highest BCUT2D eigenvalue weighted by Gasteiger charge is 2.39. The number of hydrogen-bond donors (Lipinski definition) is 0. The summed E-state index contributed by atoms with van der Waals surface area (Å²) in [5.41, 5.74) is -0.269. The van der Waals surface area contributed by atoms with Crippen molar-refractivity contribution in [3.05, 3.63) is 47.8 Å². The summed E-state index contributed by atoms with van der Waals surface area (Å²) in [6, 6.07) is 11.1. The monoisotopic (exact) mass is 286 g/mol. The molecule has 110 valence electrons. The summed E-state index contributed by atoms with van der Waals surface area (Å²) in [5, 5.41) is 1.46. The first-order chi connectivity index (χ1) is 10.1. The highest BCUT2D eigenvalue weighted by Crippen LogP contribution is 2.43. The number of hydrogen-bond acceptors (Lipinski definition) is 2. The van der Waals surface area contributed by atoms with Crippen LogP contribution >= 0.6 is 0 Å². The zero-order valence-corrected chi connectivity index (χ0v) is 12.2. The van der Waals surface area contributed by atoms with Gasteiger partial charge in [-0.3, -0.25) is 4.79 Å². The van der Waals surface area contributed by atoms with Gasteiger partial charge in [0.05, 0.1) is 0 Å². The van der Waals surface area contributed by atoms with Gasteiger partial charge in [-0.05, 0) is 31.1 Å². The Morgan fingerprint density at radius 1 is 1.10 bits per heavy atom. The molecule has 21 heavy (non-hydrogen) atoms. The predicted molar refractivity (Wildman–Crippen MR) is 80.4 cm³/mol. The van der Waals surface area contributed by atoms with Crippen molar-refractivity contribution in [2.45, 2.75) is 44.6 Å². The Hall–Kier alpha value is -1.90. The van der Waals surface area contributed by atoms with E-state index in [1.807, 2.05) is 24.3 Å². The number of carbonyl (C=O) groups excluding carboxylic acids is 1. The molecule has 0 heterocycles. The summed E-state index contributed by atoms with van der Waals surface area (Å²) in [7, 11) is 0. The van der Waals surface area contributed by atoms with Crippen molar-refractivity contribution in [2.75, 3.05) is 0 Å². The third-order valence-electron chi connectivity index (χ3n) is 4.35. The molecule has 2 aromatic rings. The fraction of sp³-hybridized carbons (Fsp3) is 0.389. The second-order valence-corrected chi connectivity index (χ2v) is 5.80. The van der Waals surface area contributed by atoms with Gasteiger partial charge in [0.25, 0.3) is 0 Å². The largest absolute Gasteiger partial charge is 0.454 e. The van der Waals surface area contributed by atoms with Crippen LogP contribution in [0.1, 0.15) is 44.6 Å². The van der Waals surface area contributed by atoms with E-state index < -0.39 is 5.60 Å². The molecular formula is C18H19FO2. The van der Waals surface area contributed by atoms with Crippen LogP contribution in [0, 0.1) is 5.82 Å². The first kappa shape index (κ1) is 14.1. The van der Waals surface area contributed by atoms with Crippen LogP contribution in [-0.2, 0) is 15.1 Å². The van der Waals surface area contributed by atoms with Crippen molar-refractivity contribution in [1.29, 1.82) is 0 Å². The average Bonchev–Trinajstić information content (AvgIpc) is 2.48. The minimum atomic E-state index is -0.793. The Kier molecular flexibility index (Phi) is 3.66. The minimum absolute atomic E-state index is 0.253. The van der Waals surface area contributed by atoms with Gasteiger partial charge in [-0.15, -0.1) is 0 Å². The number of carbonyl (C=O) groups is 1. The number of benzene rings is 2. The third-order valence-corrected chi connectivity index (χ3v) is 4.35. The van der Waals surface area contributed by atoms with Crippen LogP contribution in [0.3, 0.4) is 0 Å². The predicted octanol–water partition coefficient (Wildman–Crippen LogP) is 4.70. The summed E-state index contributed by atoms with van der Waals surface area (Å²) in [4.78, 5) is 11.5. The van der Waals surface area contributed by atoms with Crippen molar-refractivity contribution < 1.29 is 13.9 Å². The minimum Gasteiger partial charge on any atom is -0.454 e. The Bertz CT molecular complexity index is 672. The molecule has 1 fully saturated rings. The number of fused-ring (bicyclic) bond motifs is 1. The van der Waals surface area contributed by atoms with Crippen LogP contribution in [0.2, 0.25) is 0 Å². The molecule has 0 amide bonds. The zero-order valence-electron chi connectivity index (χ0n) is 12.2. The molecular weight excluding hydrogens is 267 g/mol. The van der Waals surface area contributed by atoms with Crippen LogP contribution in [0.15, 0.2) is 36.4 Å². The van der Waals surface area contributed by atoms with Crippen LogP contribution in [0.4, 0.5) is 4.39 Å². The van der Waals surface area contributed by atoms with E-state index in [1.54, 1.807) is 12.1 Å². The van der Waals surface area contributed by atoms with E-state index >= 15 is 0 Å². The van der Waals surface area contributed by atoms with Gasteiger partial charge in [0.1, 0.15) is 11.4 Å². The van der Waals surface area contributed by atoms with Crippen molar-refractivity contribution in [2.24, 2.45) is 0 Å².